The maximum Gasteiger partial charge on any atom is 0.243 e. The second-order valence-electron chi connectivity index (χ2n) is 4.42. The van der Waals surface area contributed by atoms with Gasteiger partial charge in [0, 0.05) is 25.7 Å². The Balaban J connectivity index is 2.22. The van der Waals surface area contributed by atoms with E-state index in [0.717, 1.165) is 13.1 Å². The Bertz CT molecular complexity index is 509. The molecule has 2 rings (SSSR count). The van der Waals surface area contributed by atoms with E-state index in [9.17, 15) is 8.42 Å². The molecule has 1 aliphatic rings. The van der Waals surface area contributed by atoms with Crippen molar-refractivity contribution >= 4 is 10.0 Å². The summed E-state index contributed by atoms with van der Waals surface area (Å²) in [5, 5.41) is 3.10. The van der Waals surface area contributed by atoms with E-state index in [1.165, 1.54) is 0 Å². The summed E-state index contributed by atoms with van der Waals surface area (Å²) in [7, 11) is -3.41. The molecule has 0 atom stereocenters. The lowest BCUT2D eigenvalue weighted by molar-refractivity contribution is 0.249. The highest BCUT2D eigenvalue weighted by Crippen LogP contribution is 2.22. The lowest BCUT2D eigenvalue weighted by Crippen LogP contribution is -2.58. The molecular weight excluding hydrogens is 264 g/mol. The summed E-state index contributed by atoms with van der Waals surface area (Å²) in [6.07, 6.45) is 0. The smallest absolute Gasteiger partial charge is 0.243 e. The van der Waals surface area contributed by atoms with Crippen molar-refractivity contribution in [1.82, 2.24) is 9.62 Å². The fourth-order valence-electron chi connectivity index (χ4n) is 2.11. The van der Waals surface area contributed by atoms with Crippen LogP contribution in [0, 0.1) is 0 Å². The molecule has 0 spiro atoms. The minimum atomic E-state index is -3.41. The molecule has 1 heterocycles. The highest BCUT2D eigenvalue weighted by atomic mass is 32.2. The van der Waals surface area contributed by atoms with Crippen LogP contribution in [0.15, 0.2) is 29.2 Å². The first-order valence-electron chi connectivity index (χ1n) is 6.55. The number of sulfonamides is 1. The summed E-state index contributed by atoms with van der Waals surface area (Å²) in [6.45, 7) is 6.27. The summed E-state index contributed by atoms with van der Waals surface area (Å²) in [5.41, 5.74) is 0. The summed E-state index contributed by atoms with van der Waals surface area (Å²) < 4.78 is 31.9. The van der Waals surface area contributed by atoms with Crippen molar-refractivity contribution in [3.63, 3.8) is 0 Å². The van der Waals surface area contributed by atoms with Gasteiger partial charge in [0.25, 0.3) is 0 Å². The molecule has 1 aliphatic heterocycles. The predicted molar refractivity (Wildman–Crippen MR) is 73.8 cm³/mol. The molecular formula is C13H20N2O3S. The van der Waals surface area contributed by atoms with Crippen molar-refractivity contribution in [2.24, 2.45) is 0 Å². The number of rotatable bonds is 6. The third-order valence-corrected chi connectivity index (χ3v) is 5.26. The number of nitrogens with one attached hydrogen (secondary N) is 1. The average Bonchev–Trinajstić information content (AvgIpc) is 2.34. The van der Waals surface area contributed by atoms with E-state index in [-0.39, 0.29) is 6.04 Å². The number of nitrogens with zero attached hydrogens (tertiary/aromatic N) is 1. The standard InChI is InChI=1S/C13H20N2O3S/c1-3-15(11-9-14-10-11)19(16,17)13-7-5-12(6-8-13)18-4-2/h5-8,11,14H,3-4,9-10H2,1-2H3. The van der Waals surface area contributed by atoms with E-state index in [0.29, 0.717) is 23.8 Å². The van der Waals surface area contributed by atoms with Gasteiger partial charge in [-0.05, 0) is 31.2 Å². The quantitative estimate of drug-likeness (QED) is 0.849. The second-order valence-corrected chi connectivity index (χ2v) is 6.32. The third-order valence-electron chi connectivity index (χ3n) is 3.22. The number of benzene rings is 1. The number of hydrogen-bond donors (Lipinski definition) is 1. The fourth-order valence-corrected chi connectivity index (χ4v) is 3.74. The zero-order chi connectivity index (χ0) is 13.9. The molecule has 19 heavy (non-hydrogen) atoms. The molecule has 1 fully saturated rings. The lowest BCUT2D eigenvalue weighted by Gasteiger charge is -2.36. The summed E-state index contributed by atoms with van der Waals surface area (Å²) in [4.78, 5) is 0.324. The molecule has 1 aromatic carbocycles. The van der Waals surface area contributed by atoms with E-state index in [1.54, 1.807) is 28.6 Å². The van der Waals surface area contributed by atoms with Gasteiger partial charge in [-0.1, -0.05) is 6.92 Å². The van der Waals surface area contributed by atoms with Crippen LogP contribution in [0.2, 0.25) is 0 Å². The highest BCUT2D eigenvalue weighted by Gasteiger charge is 2.33. The van der Waals surface area contributed by atoms with E-state index >= 15 is 0 Å². The first-order valence-corrected chi connectivity index (χ1v) is 7.99. The van der Waals surface area contributed by atoms with Crippen LogP contribution in [0.1, 0.15) is 13.8 Å². The van der Waals surface area contributed by atoms with E-state index in [4.69, 9.17) is 4.74 Å². The first-order chi connectivity index (χ1) is 9.09. The van der Waals surface area contributed by atoms with Gasteiger partial charge in [-0.15, -0.1) is 0 Å². The number of ether oxygens (including phenoxy) is 1. The molecule has 0 bridgehead atoms. The second kappa shape index (κ2) is 5.90. The van der Waals surface area contributed by atoms with Crippen molar-refractivity contribution in [3.05, 3.63) is 24.3 Å². The molecule has 0 unspecified atom stereocenters. The maximum absolute atomic E-state index is 12.5. The summed E-state index contributed by atoms with van der Waals surface area (Å²) >= 11 is 0. The monoisotopic (exact) mass is 284 g/mol. The topological polar surface area (TPSA) is 58.6 Å². The van der Waals surface area contributed by atoms with Crippen LogP contribution in [0.5, 0.6) is 5.75 Å². The van der Waals surface area contributed by atoms with Gasteiger partial charge >= 0.3 is 0 Å². The molecule has 0 saturated carbocycles. The van der Waals surface area contributed by atoms with Crippen molar-refractivity contribution in [2.45, 2.75) is 24.8 Å². The summed E-state index contributed by atoms with van der Waals surface area (Å²) in [6, 6.07) is 6.68. The molecule has 106 valence electrons. The van der Waals surface area contributed by atoms with Crippen LogP contribution in [0.25, 0.3) is 0 Å². The Labute approximate surface area is 114 Å². The number of hydrogen-bond acceptors (Lipinski definition) is 4. The Morgan fingerprint density at radius 2 is 1.89 bits per heavy atom. The lowest BCUT2D eigenvalue weighted by atomic mass is 10.2. The van der Waals surface area contributed by atoms with Gasteiger partial charge in [0.05, 0.1) is 11.5 Å². The van der Waals surface area contributed by atoms with Gasteiger partial charge in [0.15, 0.2) is 0 Å². The Morgan fingerprint density at radius 3 is 2.32 bits per heavy atom. The molecule has 0 amide bonds. The van der Waals surface area contributed by atoms with Gasteiger partial charge in [-0.2, -0.15) is 4.31 Å². The normalized spacial score (nSPS) is 16.4. The van der Waals surface area contributed by atoms with Crippen molar-refractivity contribution in [2.75, 3.05) is 26.2 Å². The van der Waals surface area contributed by atoms with Crippen LogP contribution < -0.4 is 10.1 Å². The Hall–Kier alpha value is -1.11. The molecule has 0 aliphatic carbocycles. The van der Waals surface area contributed by atoms with Gasteiger partial charge in [0.2, 0.25) is 10.0 Å². The van der Waals surface area contributed by atoms with Gasteiger partial charge in [-0.25, -0.2) is 8.42 Å². The minimum absolute atomic E-state index is 0.0709. The molecule has 0 aromatic heterocycles. The van der Waals surface area contributed by atoms with Crippen LogP contribution in [0.3, 0.4) is 0 Å². The minimum Gasteiger partial charge on any atom is -0.494 e. The zero-order valence-electron chi connectivity index (χ0n) is 11.3. The molecule has 1 aromatic rings. The van der Waals surface area contributed by atoms with Gasteiger partial charge in [0.1, 0.15) is 5.75 Å². The molecule has 6 heteroatoms. The van der Waals surface area contributed by atoms with Gasteiger partial charge < -0.3 is 10.1 Å². The Morgan fingerprint density at radius 1 is 1.26 bits per heavy atom. The molecule has 1 N–H and O–H groups in total. The molecule has 5 nitrogen and oxygen atoms in total. The molecule has 1 saturated heterocycles. The van der Waals surface area contributed by atoms with Crippen molar-refractivity contribution in [1.29, 1.82) is 0 Å². The van der Waals surface area contributed by atoms with Crippen LogP contribution >= 0.6 is 0 Å². The van der Waals surface area contributed by atoms with E-state index in [1.807, 2.05) is 13.8 Å². The van der Waals surface area contributed by atoms with E-state index < -0.39 is 10.0 Å². The molecule has 0 radical (unpaired) electrons. The van der Waals surface area contributed by atoms with Crippen LogP contribution in [-0.4, -0.2) is 45.0 Å². The number of likely N-dealkylation sites (N-methyl/N-ethyl adjacent to an activating group) is 1. The Kier molecular flexibility index (Phi) is 4.44. The van der Waals surface area contributed by atoms with Crippen LogP contribution in [-0.2, 0) is 10.0 Å². The SMILES string of the molecule is CCOc1ccc(S(=O)(=O)N(CC)C2CNC2)cc1. The fraction of sp³-hybridized carbons (Fsp3) is 0.538. The zero-order valence-corrected chi connectivity index (χ0v) is 12.1. The average molecular weight is 284 g/mol. The van der Waals surface area contributed by atoms with Crippen LogP contribution in [0.4, 0.5) is 0 Å². The predicted octanol–water partition coefficient (Wildman–Crippen LogP) is 1.07. The largest absolute Gasteiger partial charge is 0.494 e. The van der Waals surface area contributed by atoms with Crippen molar-refractivity contribution in [3.8, 4) is 5.75 Å². The van der Waals surface area contributed by atoms with Crippen molar-refractivity contribution < 1.29 is 13.2 Å². The van der Waals surface area contributed by atoms with Gasteiger partial charge in [-0.3, -0.25) is 0 Å². The maximum atomic E-state index is 12.5. The van der Waals surface area contributed by atoms with E-state index in [2.05, 4.69) is 5.32 Å². The highest BCUT2D eigenvalue weighted by molar-refractivity contribution is 7.89. The summed E-state index contributed by atoms with van der Waals surface area (Å²) in [5.74, 6) is 0.690. The third kappa shape index (κ3) is 2.91. The first kappa shape index (κ1) is 14.3.